The minimum Gasteiger partial charge on any atom is -0.378 e. The van der Waals surface area contributed by atoms with Gasteiger partial charge in [0.15, 0.2) is 5.82 Å². The first-order valence-corrected chi connectivity index (χ1v) is 7.15. The Morgan fingerprint density at radius 2 is 2.10 bits per heavy atom. The van der Waals surface area contributed by atoms with Crippen molar-refractivity contribution < 1.29 is 9.31 Å². The fraction of sp³-hybridized carbons (Fsp3) is 0.400. The fourth-order valence-corrected chi connectivity index (χ4v) is 2.93. The highest BCUT2D eigenvalue weighted by atomic mass is 19.1. The Hall–Kier alpha value is -2.24. The molecule has 1 aromatic carbocycles. The minimum atomic E-state index is -0.613. The van der Waals surface area contributed by atoms with Crippen LogP contribution in [0.1, 0.15) is 32.1 Å². The zero-order valence-electron chi connectivity index (χ0n) is 11.5. The molecule has 110 valence electrons. The van der Waals surface area contributed by atoms with E-state index in [-0.39, 0.29) is 17.4 Å². The predicted octanol–water partition coefficient (Wildman–Crippen LogP) is 4.03. The van der Waals surface area contributed by atoms with E-state index in [1.165, 1.54) is 12.6 Å². The Labute approximate surface area is 121 Å². The molecule has 1 fully saturated rings. The molecule has 5 nitrogen and oxygen atoms in total. The molecule has 1 heterocycles. The molecule has 0 saturated heterocycles. The van der Waals surface area contributed by atoms with Crippen LogP contribution in [-0.4, -0.2) is 15.9 Å². The molecule has 21 heavy (non-hydrogen) atoms. The number of rotatable bonds is 3. The average Bonchev–Trinajstić information content (AvgIpc) is 2.50. The van der Waals surface area contributed by atoms with Crippen molar-refractivity contribution in [2.24, 2.45) is 0 Å². The van der Waals surface area contributed by atoms with Crippen molar-refractivity contribution in [3.63, 3.8) is 0 Å². The second-order valence-electron chi connectivity index (χ2n) is 5.39. The fourth-order valence-electron chi connectivity index (χ4n) is 2.93. The van der Waals surface area contributed by atoms with Gasteiger partial charge < -0.3 is 5.32 Å². The summed E-state index contributed by atoms with van der Waals surface area (Å²) < 4.78 is 14.3. The normalized spacial score (nSPS) is 16.0. The Morgan fingerprint density at radius 1 is 1.33 bits per heavy atom. The molecule has 1 aliphatic carbocycles. The molecule has 1 aliphatic rings. The summed E-state index contributed by atoms with van der Waals surface area (Å²) in [6, 6.07) is 4.42. The third kappa shape index (κ3) is 2.66. The Balaban J connectivity index is 2.07. The van der Waals surface area contributed by atoms with Crippen LogP contribution >= 0.6 is 0 Å². The first kappa shape index (κ1) is 13.7. The van der Waals surface area contributed by atoms with Gasteiger partial charge in [0.25, 0.3) is 5.69 Å². The topological polar surface area (TPSA) is 68.1 Å². The van der Waals surface area contributed by atoms with Crippen LogP contribution in [0.3, 0.4) is 0 Å². The van der Waals surface area contributed by atoms with Crippen molar-refractivity contribution in [2.75, 3.05) is 5.32 Å². The number of hydrogen-bond acceptors (Lipinski definition) is 4. The number of aromatic nitrogens is 1. The van der Waals surface area contributed by atoms with Crippen LogP contribution < -0.4 is 5.32 Å². The van der Waals surface area contributed by atoms with Gasteiger partial charge in [-0.15, -0.1) is 0 Å². The van der Waals surface area contributed by atoms with Gasteiger partial charge >= 0.3 is 0 Å². The number of fused-ring (bicyclic) bond motifs is 1. The van der Waals surface area contributed by atoms with Gasteiger partial charge in [0.2, 0.25) is 0 Å². The van der Waals surface area contributed by atoms with E-state index >= 15 is 0 Å². The number of nitrogens with zero attached hydrogens (tertiary/aromatic N) is 2. The van der Waals surface area contributed by atoms with Gasteiger partial charge in [0.1, 0.15) is 5.52 Å². The number of hydrogen-bond donors (Lipinski definition) is 1. The van der Waals surface area contributed by atoms with Crippen molar-refractivity contribution >= 4 is 22.3 Å². The Bertz CT molecular complexity index is 684. The molecule has 0 unspecified atom stereocenters. The number of non-ortho nitro benzene ring substituents is 1. The van der Waals surface area contributed by atoms with E-state index in [1.54, 1.807) is 12.1 Å². The molecular weight excluding hydrogens is 273 g/mol. The number of nitro groups is 1. The van der Waals surface area contributed by atoms with E-state index in [4.69, 9.17) is 0 Å². The van der Waals surface area contributed by atoms with E-state index in [0.29, 0.717) is 10.9 Å². The molecule has 0 bridgehead atoms. The van der Waals surface area contributed by atoms with E-state index < -0.39 is 10.7 Å². The molecule has 0 aliphatic heterocycles. The van der Waals surface area contributed by atoms with Crippen LogP contribution in [0.5, 0.6) is 0 Å². The van der Waals surface area contributed by atoms with Crippen molar-refractivity contribution in [1.29, 1.82) is 0 Å². The summed E-state index contributed by atoms with van der Waals surface area (Å²) in [6.45, 7) is 0. The molecule has 2 aromatic rings. The molecule has 0 radical (unpaired) electrons. The maximum Gasteiger partial charge on any atom is 0.281 e. The molecule has 3 rings (SSSR count). The van der Waals surface area contributed by atoms with Gasteiger partial charge in [-0.3, -0.25) is 15.1 Å². The Kier molecular flexibility index (Phi) is 3.68. The zero-order chi connectivity index (χ0) is 14.8. The molecule has 1 saturated carbocycles. The molecule has 0 amide bonds. The van der Waals surface area contributed by atoms with E-state index in [2.05, 4.69) is 10.3 Å². The third-order valence-corrected chi connectivity index (χ3v) is 3.97. The zero-order valence-corrected chi connectivity index (χ0v) is 11.5. The SMILES string of the molecule is O=[N+]([O-])c1cc(F)c(NC2CCCCC2)c2ncccc12. The first-order valence-electron chi connectivity index (χ1n) is 7.15. The number of nitro benzene ring substituents is 1. The summed E-state index contributed by atoms with van der Waals surface area (Å²) in [4.78, 5) is 14.6. The number of nitrogens with one attached hydrogen (secondary N) is 1. The quantitative estimate of drug-likeness (QED) is 0.684. The molecule has 0 atom stereocenters. The lowest BCUT2D eigenvalue weighted by Gasteiger charge is -2.24. The highest BCUT2D eigenvalue weighted by molar-refractivity contribution is 5.97. The van der Waals surface area contributed by atoms with Gasteiger partial charge in [0.05, 0.1) is 22.1 Å². The van der Waals surface area contributed by atoms with Gasteiger partial charge in [-0.1, -0.05) is 19.3 Å². The number of halogens is 1. The average molecular weight is 289 g/mol. The number of anilines is 1. The second-order valence-corrected chi connectivity index (χ2v) is 5.39. The highest BCUT2D eigenvalue weighted by Crippen LogP contribution is 2.34. The summed E-state index contributed by atoms with van der Waals surface area (Å²) in [5.74, 6) is -0.613. The van der Waals surface area contributed by atoms with Crippen LogP contribution in [-0.2, 0) is 0 Å². The third-order valence-electron chi connectivity index (χ3n) is 3.97. The lowest BCUT2D eigenvalue weighted by Crippen LogP contribution is -2.23. The summed E-state index contributed by atoms with van der Waals surface area (Å²) in [7, 11) is 0. The predicted molar refractivity (Wildman–Crippen MR) is 78.9 cm³/mol. The maximum atomic E-state index is 14.3. The molecule has 6 heteroatoms. The molecule has 1 aromatic heterocycles. The van der Waals surface area contributed by atoms with Gasteiger partial charge in [0, 0.05) is 12.2 Å². The van der Waals surface area contributed by atoms with Gasteiger partial charge in [-0.25, -0.2) is 4.39 Å². The second kappa shape index (κ2) is 5.63. The van der Waals surface area contributed by atoms with Crippen molar-refractivity contribution in [2.45, 2.75) is 38.1 Å². The van der Waals surface area contributed by atoms with Crippen molar-refractivity contribution in [1.82, 2.24) is 4.98 Å². The monoisotopic (exact) mass is 289 g/mol. The standard InChI is InChI=1S/C15H16FN3O2/c16-12-9-13(19(20)21)11-7-4-8-17-14(11)15(12)18-10-5-2-1-3-6-10/h4,7-10,18H,1-3,5-6H2. The van der Waals surface area contributed by atoms with E-state index in [0.717, 1.165) is 31.7 Å². The smallest absolute Gasteiger partial charge is 0.281 e. The number of benzene rings is 1. The van der Waals surface area contributed by atoms with Crippen LogP contribution in [0, 0.1) is 15.9 Å². The number of pyridine rings is 1. The van der Waals surface area contributed by atoms with Gasteiger partial charge in [-0.05, 0) is 25.0 Å². The first-order chi connectivity index (χ1) is 10.2. The Morgan fingerprint density at radius 3 is 2.81 bits per heavy atom. The van der Waals surface area contributed by atoms with E-state index in [9.17, 15) is 14.5 Å². The van der Waals surface area contributed by atoms with E-state index in [1.807, 2.05) is 0 Å². The van der Waals surface area contributed by atoms with Crippen molar-refractivity contribution in [3.05, 3.63) is 40.3 Å². The summed E-state index contributed by atoms with van der Waals surface area (Å²) in [6.07, 6.45) is 6.96. The van der Waals surface area contributed by atoms with Crippen LogP contribution in [0.15, 0.2) is 24.4 Å². The maximum absolute atomic E-state index is 14.3. The van der Waals surface area contributed by atoms with Crippen LogP contribution in [0.25, 0.3) is 10.9 Å². The molecule has 0 spiro atoms. The van der Waals surface area contributed by atoms with Gasteiger partial charge in [-0.2, -0.15) is 0 Å². The summed E-state index contributed by atoms with van der Waals surface area (Å²) >= 11 is 0. The highest BCUT2D eigenvalue weighted by Gasteiger charge is 2.22. The van der Waals surface area contributed by atoms with Crippen LogP contribution in [0.4, 0.5) is 15.8 Å². The summed E-state index contributed by atoms with van der Waals surface area (Å²) in [5, 5.41) is 14.6. The van der Waals surface area contributed by atoms with Crippen molar-refractivity contribution in [3.8, 4) is 0 Å². The largest absolute Gasteiger partial charge is 0.378 e. The minimum absolute atomic E-state index is 0.208. The summed E-state index contributed by atoms with van der Waals surface area (Å²) in [5.41, 5.74) is 0.364. The van der Waals surface area contributed by atoms with Crippen LogP contribution in [0.2, 0.25) is 0 Å². The lowest BCUT2D eigenvalue weighted by molar-refractivity contribution is -0.383. The lowest BCUT2D eigenvalue weighted by atomic mass is 9.95. The molecule has 1 N–H and O–H groups in total. The molecular formula is C15H16FN3O2.